The van der Waals surface area contributed by atoms with Crippen molar-refractivity contribution in [2.45, 2.75) is 46.0 Å². The summed E-state index contributed by atoms with van der Waals surface area (Å²) in [6, 6.07) is 14.3. The number of phenolic OH excluding ortho intramolecular Hbond substituents is 1. The SMILES string of the molecule is CCc1cccc(C(C)Cc2ccccc2O)c1CC. The molecule has 0 amide bonds. The van der Waals surface area contributed by atoms with Crippen LogP contribution in [0.15, 0.2) is 42.5 Å². The molecule has 0 aromatic heterocycles. The van der Waals surface area contributed by atoms with Crippen molar-refractivity contribution in [2.24, 2.45) is 0 Å². The summed E-state index contributed by atoms with van der Waals surface area (Å²) < 4.78 is 0. The minimum atomic E-state index is 0.407. The Bertz CT molecular complexity index is 572. The molecule has 106 valence electrons. The van der Waals surface area contributed by atoms with E-state index in [4.69, 9.17) is 0 Å². The fraction of sp³-hybridized carbons (Fsp3) is 0.368. The predicted octanol–water partition coefficient (Wildman–Crippen LogP) is 4.86. The summed E-state index contributed by atoms with van der Waals surface area (Å²) in [5.74, 6) is 0.828. The molecule has 1 unspecified atom stereocenters. The number of aryl methyl sites for hydroxylation is 1. The lowest BCUT2D eigenvalue weighted by atomic mass is 9.86. The van der Waals surface area contributed by atoms with Crippen LogP contribution in [0.1, 0.15) is 48.9 Å². The van der Waals surface area contributed by atoms with Gasteiger partial charge in [0.15, 0.2) is 0 Å². The first-order valence-corrected chi connectivity index (χ1v) is 7.54. The maximum atomic E-state index is 9.93. The summed E-state index contributed by atoms with van der Waals surface area (Å²) in [6.07, 6.45) is 3.04. The second-order valence-corrected chi connectivity index (χ2v) is 5.43. The summed E-state index contributed by atoms with van der Waals surface area (Å²) in [7, 11) is 0. The third kappa shape index (κ3) is 3.04. The maximum absolute atomic E-state index is 9.93. The van der Waals surface area contributed by atoms with Crippen molar-refractivity contribution in [1.29, 1.82) is 0 Å². The molecule has 0 heterocycles. The average Bonchev–Trinajstić information content (AvgIpc) is 2.48. The molecule has 0 aliphatic carbocycles. The lowest BCUT2D eigenvalue weighted by Crippen LogP contribution is -2.05. The van der Waals surface area contributed by atoms with Gasteiger partial charge in [-0.05, 0) is 53.5 Å². The van der Waals surface area contributed by atoms with Gasteiger partial charge < -0.3 is 5.11 Å². The van der Waals surface area contributed by atoms with Gasteiger partial charge in [-0.1, -0.05) is 57.2 Å². The van der Waals surface area contributed by atoms with E-state index < -0.39 is 0 Å². The van der Waals surface area contributed by atoms with Crippen LogP contribution in [0.4, 0.5) is 0 Å². The Hall–Kier alpha value is -1.76. The number of phenols is 1. The second-order valence-electron chi connectivity index (χ2n) is 5.43. The Kier molecular flexibility index (Phi) is 4.84. The molecule has 1 atom stereocenters. The molecular formula is C19H24O. The van der Waals surface area contributed by atoms with Crippen molar-refractivity contribution in [2.75, 3.05) is 0 Å². The van der Waals surface area contributed by atoms with E-state index in [0.717, 1.165) is 24.8 Å². The van der Waals surface area contributed by atoms with Crippen LogP contribution >= 0.6 is 0 Å². The Morgan fingerprint density at radius 1 is 0.900 bits per heavy atom. The fourth-order valence-corrected chi connectivity index (χ4v) is 3.00. The third-order valence-corrected chi connectivity index (χ3v) is 4.09. The maximum Gasteiger partial charge on any atom is 0.118 e. The standard InChI is InChI=1S/C19H24O/c1-4-15-10-8-11-18(17(15)5-2)14(3)13-16-9-6-7-12-19(16)20/h6-12,14,20H,4-5,13H2,1-3H3. The number of benzene rings is 2. The number of rotatable bonds is 5. The summed E-state index contributed by atoms with van der Waals surface area (Å²) in [5, 5.41) is 9.93. The lowest BCUT2D eigenvalue weighted by Gasteiger charge is -2.19. The van der Waals surface area contributed by atoms with E-state index in [9.17, 15) is 5.11 Å². The monoisotopic (exact) mass is 268 g/mol. The number of hydrogen-bond acceptors (Lipinski definition) is 1. The second kappa shape index (κ2) is 6.60. The van der Waals surface area contributed by atoms with Gasteiger partial charge in [0.25, 0.3) is 0 Å². The number of aromatic hydroxyl groups is 1. The van der Waals surface area contributed by atoms with Crippen LogP contribution in [-0.2, 0) is 19.3 Å². The van der Waals surface area contributed by atoms with Crippen LogP contribution < -0.4 is 0 Å². The highest BCUT2D eigenvalue weighted by Gasteiger charge is 2.14. The topological polar surface area (TPSA) is 20.2 Å². The molecule has 1 heteroatoms. The molecule has 0 fully saturated rings. The summed E-state index contributed by atoms with van der Waals surface area (Å²) >= 11 is 0. The lowest BCUT2D eigenvalue weighted by molar-refractivity contribution is 0.465. The fourth-order valence-electron chi connectivity index (χ4n) is 3.00. The highest BCUT2D eigenvalue weighted by molar-refractivity contribution is 5.40. The third-order valence-electron chi connectivity index (χ3n) is 4.09. The highest BCUT2D eigenvalue weighted by atomic mass is 16.3. The van der Waals surface area contributed by atoms with Crippen LogP contribution in [0, 0.1) is 0 Å². The quantitative estimate of drug-likeness (QED) is 0.820. The minimum Gasteiger partial charge on any atom is -0.508 e. The van der Waals surface area contributed by atoms with Crippen LogP contribution in [0.2, 0.25) is 0 Å². The van der Waals surface area contributed by atoms with Gasteiger partial charge in [0.1, 0.15) is 5.75 Å². The summed E-state index contributed by atoms with van der Waals surface area (Å²) in [6.45, 7) is 6.69. The van der Waals surface area contributed by atoms with Gasteiger partial charge in [0.2, 0.25) is 0 Å². The van der Waals surface area contributed by atoms with Crippen LogP contribution in [-0.4, -0.2) is 5.11 Å². The average molecular weight is 268 g/mol. The molecule has 0 radical (unpaired) electrons. The van der Waals surface area contributed by atoms with E-state index >= 15 is 0 Å². The van der Waals surface area contributed by atoms with Crippen LogP contribution in [0.5, 0.6) is 5.75 Å². The molecule has 0 saturated heterocycles. The largest absolute Gasteiger partial charge is 0.508 e. The Labute approximate surface area is 122 Å². The van der Waals surface area contributed by atoms with Crippen molar-refractivity contribution < 1.29 is 5.11 Å². The number of hydrogen-bond donors (Lipinski definition) is 1. The zero-order chi connectivity index (χ0) is 14.5. The zero-order valence-electron chi connectivity index (χ0n) is 12.7. The van der Waals surface area contributed by atoms with E-state index in [-0.39, 0.29) is 0 Å². The Morgan fingerprint density at radius 2 is 1.60 bits per heavy atom. The molecule has 2 rings (SSSR count). The Morgan fingerprint density at radius 3 is 2.25 bits per heavy atom. The van der Waals surface area contributed by atoms with Gasteiger partial charge in [-0.25, -0.2) is 0 Å². The minimum absolute atomic E-state index is 0.407. The first kappa shape index (κ1) is 14.6. The van der Waals surface area contributed by atoms with Gasteiger partial charge in [-0.15, -0.1) is 0 Å². The molecule has 1 nitrogen and oxygen atoms in total. The van der Waals surface area contributed by atoms with Crippen molar-refractivity contribution >= 4 is 0 Å². The van der Waals surface area contributed by atoms with Gasteiger partial charge in [-0.3, -0.25) is 0 Å². The molecule has 1 N–H and O–H groups in total. The molecule has 2 aromatic carbocycles. The highest BCUT2D eigenvalue weighted by Crippen LogP contribution is 2.29. The van der Waals surface area contributed by atoms with Crippen molar-refractivity contribution in [1.82, 2.24) is 0 Å². The molecule has 0 aliphatic heterocycles. The van der Waals surface area contributed by atoms with Gasteiger partial charge in [0, 0.05) is 0 Å². The first-order valence-electron chi connectivity index (χ1n) is 7.54. The molecule has 0 saturated carbocycles. The smallest absolute Gasteiger partial charge is 0.118 e. The summed E-state index contributed by atoms with van der Waals surface area (Å²) in [4.78, 5) is 0. The molecular weight excluding hydrogens is 244 g/mol. The molecule has 0 bridgehead atoms. The zero-order valence-corrected chi connectivity index (χ0v) is 12.7. The normalized spacial score (nSPS) is 12.3. The molecule has 2 aromatic rings. The Balaban J connectivity index is 2.30. The van der Waals surface area contributed by atoms with Crippen LogP contribution in [0.25, 0.3) is 0 Å². The van der Waals surface area contributed by atoms with Crippen molar-refractivity contribution in [3.05, 3.63) is 64.7 Å². The van der Waals surface area contributed by atoms with E-state index in [1.54, 1.807) is 6.07 Å². The molecule has 0 spiro atoms. The first-order chi connectivity index (χ1) is 9.67. The van der Waals surface area contributed by atoms with Crippen molar-refractivity contribution in [3.8, 4) is 5.75 Å². The van der Waals surface area contributed by atoms with E-state index in [1.165, 1.54) is 16.7 Å². The van der Waals surface area contributed by atoms with Crippen LogP contribution in [0.3, 0.4) is 0 Å². The number of para-hydroxylation sites is 1. The van der Waals surface area contributed by atoms with Gasteiger partial charge in [-0.2, -0.15) is 0 Å². The molecule has 20 heavy (non-hydrogen) atoms. The predicted molar refractivity (Wildman–Crippen MR) is 85.4 cm³/mol. The van der Waals surface area contributed by atoms with Crippen molar-refractivity contribution in [3.63, 3.8) is 0 Å². The van der Waals surface area contributed by atoms with E-state index in [1.807, 2.05) is 18.2 Å². The summed E-state index contributed by atoms with van der Waals surface area (Å²) in [5.41, 5.74) is 5.39. The van der Waals surface area contributed by atoms with E-state index in [0.29, 0.717) is 11.7 Å². The van der Waals surface area contributed by atoms with Gasteiger partial charge in [0.05, 0.1) is 0 Å². The van der Waals surface area contributed by atoms with E-state index in [2.05, 4.69) is 39.0 Å². The van der Waals surface area contributed by atoms with Gasteiger partial charge >= 0.3 is 0 Å². The molecule has 0 aliphatic rings.